The van der Waals surface area contributed by atoms with Gasteiger partial charge in [-0.25, -0.2) is 12.8 Å². The van der Waals surface area contributed by atoms with Crippen molar-refractivity contribution in [1.82, 2.24) is 9.97 Å². The third-order valence-corrected chi connectivity index (χ3v) is 5.06. The fourth-order valence-corrected chi connectivity index (χ4v) is 3.02. The summed E-state index contributed by atoms with van der Waals surface area (Å²) in [4.78, 5) is 7.41. The maximum absolute atomic E-state index is 13.3. The summed E-state index contributed by atoms with van der Waals surface area (Å²) in [5.41, 5.74) is -0.123. The van der Waals surface area contributed by atoms with Crippen molar-refractivity contribution >= 4 is 9.84 Å². The van der Waals surface area contributed by atoms with Crippen LogP contribution in [0, 0.1) is 0 Å². The average molecular weight is 414 g/mol. The molecule has 0 aliphatic carbocycles. The zero-order chi connectivity index (χ0) is 20.5. The third-order valence-electron chi connectivity index (χ3n) is 3.30. The Kier molecular flexibility index (Phi) is 5.68. The fourth-order valence-electron chi connectivity index (χ4n) is 1.97. The maximum Gasteiger partial charge on any atom is 0.439 e. The monoisotopic (exact) mass is 414 g/mol. The summed E-state index contributed by atoms with van der Waals surface area (Å²) in [6.45, 7) is 1.41. The van der Waals surface area contributed by atoms with E-state index >= 15 is 0 Å². The van der Waals surface area contributed by atoms with Crippen LogP contribution in [0.1, 0.15) is 6.92 Å². The number of alkyl halides is 6. The Morgan fingerprint density at radius 3 is 2.30 bits per heavy atom. The molecule has 148 valence electrons. The molecule has 0 amide bonds. The van der Waals surface area contributed by atoms with Gasteiger partial charge in [0.2, 0.25) is 0 Å². The molecule has 27 heavy (non-hydrogen) atoms. The number of nitrogens with zero attached hydrogens (tertiary/aromatic N) is 2. The van der Waals surface area contributed by atoms with Crippen LogP contribution in [-0.2, 0) is 9.84 Å². The molecule has 0 aromatic carbocycles. The number of rotatable bonds is 6. The Balaban J connectivity index is 2.32. The van der Waals surface area contributed by atoms with E-state index in [4.69, 9.17) is 0 Å². The molecule has 1 atom stereocenters. The van der Waals surface area contributed by atoms with Gasteiger partial charge in [-0.1, -0.05) is 6.92 Å². The van der Waals surface area contributed by atoms with Gasteiger partial charge in [0.25, 0.3) is 6.17 Å². The molecule has 12 heteroatoms. The van der Waals surface area contributed by atoms with Crippen LogP contribution in [0.15, 0.2) is 41.6 Å². The molecule has 0 saturated heterocycles. The highest BCUT2D eigenvalue weighted by Gasteiger charge is 2.59. The van der Waals surface area contributed by atoms with Gasteiger partial charge in [0.05, 0.1) is 22.5 Å². The number of hydrogen-bond acceptors (Lipinski definition) is 5. The fraction of sp³-hybridized carbons (Fsp3) is 0.333. The first-order valence-electron chi connectivity index (χ1n) is 7.30. The van der Waals surface area contributed by atoms with E-state index in [1.807, 2.05) is 0 Å². The Bertz CT molecular complexity index is 901. The summed E-state index contributed by atoms with van der Waals surface area (Å²) in [5, 5.41) is 0. The zero-order valence-corrected chi connectivity index (χ0v) is 14.4. The molecule has 0 radical (unpaired) electrons. The lowest BCUT2D eigenvalue weighted by molar-refractivity contribution is -0.305. The van der Waals surface area contributed by atoms with Gasteiger partial charge in [-0.15, -0.1) is 0 Å². The molecule has 0 fully saturated rings. The van der Waals surface area contributed by atoms with Crippen molar-refractivity contribution in [2.75, 3.05) is 5.75 Å². The largest absolute Gasteiger partial charge is 0.439 e. The number of pyridine rings is 2. The van der Waals surface area contributed by atoms with Gasteiger partial charge in [-0.2, -0.15) is 22.0 Å². The van der Waals surface area contributed by atoms with Crippen molar-refractivity contribution in [3.8, 4) is 17.1 Å². The molecule has 0 spiro atoms. The highest BCUT2D eigenvalue weighted by molar-refractivity contribution is 7.91. The Labute approximate surface area is 149 Å². The first-order valence-corrected chi connectivity index (χ1v) is 8.95. The van der Waals surface area contributed by atoms with Crippen molar-refractivity contribution in [3.63, 3.8) is 0 Å². The van der Waals surface area contributed by atoms with Crippen molar-refractivity contribution in [1.29, 1.82) is 0 Å². The first kappa shape index (κ1) is 20.9. The second-order valence-corrected chi connectivity index (χ2v) is 7.45. The van der Waals surface area contributed by atoms with Crippen LogP contribution in [0.25, 0.3) is 11.4 Å². The van der Waals surface area contributed by atoms with E-state index in [1.54, 1.807) is 0 Å². The quantitative estimate of drug-likeness (QED) is 0.673. The highest BCUT2D eigenvalue weighted by atomic mass is 32.2. The van der Waals surface area contributed by atoms with E-state index in [9.17, 15) is 34.8 Å². The summed E-state index contributed by atoms with van der Waals surface area (Å²) in [7, 11) is -3.67. The van der Waals surface area contributed by atoms with Crippen LogP contribution in [0.4, 0.5) is 26.3 Å². The van der Waals surface area contributed by atoms with Gasteiger partial charge < -0.3 is 4.74 Å². The predicted molar refractivity (Wildman–Crippen MR) is 81.7 cm³/mol. The molecular formula is C15H12F6N2O3S. The van der Waals surface area contributed by atoms with Crippen molar-refractivity contribution in [3.05, 3.63) is 36.7 Å². The molecule has 2 aromatic rings. The molecular weight excluding hydrogens is 402 g/mol. The molecule has 2 heterocycles. The number of sulfone groups is 1. The summed E-state index contributed by atoms with van der Waals surface area (Å²) in [6.07, 6.45) is -13.6. The van der Waals surface area contributed by atoms with Gasteiger partial charge in [0.1, 0.15) is 11.4 Å². The maximum atomic E-state index is 13.3. The van der Waals surface area contributed by atoms with Gasteiger partial charge in [-0.3, -0.25) is 9.97 Å². The lowest BCUT2D eigenvalue weighted by Crippen LogP contribution is -2.45. The predicted octanol–water partition coefficient (Wildman–Crippen LogP) is 3.81. The van der Waals surface area contributed by atoms with Crippen LogP contribution in [0.5, 0.6) is 5.75 Å². The van der Waals surface area contributed by atoms with E-state index in [2.05, 4.69) is 14.7 Å². The third kappa shape index (κ3) is 4.67. The van der Waals surface area contributed by atoms with E-state index in [-0.39, 0.29) is 22.0 Å². The lowest BCUT2D eigenvalue weighted by Gasteiger charge is -2.22. The first-order chi connectivity index (χ1) is 12.4. The molecule has 0 saturated carbocycles. The van der Waals surface area contributed by atoms with E-state index in [0.29, 0.717) is 6.20 Å². The summed E-state index contributed by atoms with van der Waals surface area (Å²) in [5.74, 6) is -1.07. The van der Waals surface area contributed by atoms with Crippen LogP contribution < -0.4 is 4.74 Å². The van der Waals surface area contributed by atoms with Gasteiger partial charge in [0, 0.05) is 6.20 Å². The van der Waals surface area contributed by atoms with Crippen LogP contribution in [0.3, 0.4) is 0 Å². The molecule has 0 bridgehead atoms. The van der Waals surface area contributed by atoms with Gasteiger partial charge in [-0.05, 0) is 24.3 Å². The Morgan fingerprint density at radius 1 is 1.11 bits per heavy atom. The number of aromatic nitrogens is 2. The molecule has 2 aromatic heterocycles. The number of hydrogen-bond donors (Lipinski definition) is 0. The second kappa shape index (κ2) is 7.33. The molecule has 0 aliphatic rings. The van der Waals surface area contributed by atoms with Gasteiger partial charge in [0.15, 0.2) is 9.84 Å². The van der Waals surface area contributed by atoms with E-state index in [1.165, 1.54) is 25.3 Å². The number of ether oxygens (including phenoxy) is 1. The lowest BCUT2D eigenvalue weighted by atomic mass is 10.2. The van der Waals surface area contributed by atoms with Crippen LogP contribution >= 0.6 is 0 Å². The van der Waals surface area contributed by atoms with Crippen molar-refractivity contribution in [2.45, 2.75) is 30.3 Å². The molecule has 0 aliphatic heterocycles. The summed E-state index contributed by atoms with van der Waals surface area (Å²) >= 11 is 0. The van der Waals surface area contributed by atoms with Crippen LogP contribution in [-0.4, -0.2) is 42.6 Å². The SMILES string of the molecule is CCS(=O)(=O)c1cccnc1-c1ccc(OC(F)(F)C(F)C(F)(F)F)cn1. The standard InChI is InChI=1S/C15H12F6N2O3S/c1-2-27(24,25)11-4-3-7-22-12(11)10-6-5-9(8-23-10)26-15(20,21)13(16)14(17,18)19/h3-8,13H,2H2,1H3. The topological polar surface area (TPSA) is 69.2 Å². The van der Waals surface area contributed by atoms with Crippen LogP contribution in [0.2, 0.25) is 0 Å². The summed E-state index contributed by atoms with van der Waals surface area (Å²) < 4.78 is 104. The zero-order valence-electron chi connectivity index (χ0n) is 13.5. The smallest absolute Gasteiger partial charge is 0.428 e. The molecule has 0 N–H and O–H groups in total. The highest BCUT2D eigenvalue weighted by Crippen LogP contribution is 2.36. The molecule has 5 nitrogen and oxygen atoms in total. The van der Waals surface area contributed by atoms with Gasteiger partial charge >= 0.3 is 12.3 Å². The van der Waals surface area contributed by atoms with E-state index < -0.39 is 34.0 Å². The minimum atomic E-state index is -5.81. The number of halogens is 6. The Morgan fingerprint density at radius 2 is 1.78 bits per heavy atom. The second-order valence-electron chi connectivity index (χ2n) is 5.20. The average Bonchev–Trinajstić information content (AvgIpc) is 2.60. The summed E-state index contributed by atoms with van der Waals surface area (Å²) in [6, 6.07) is 4.47. The minimum Gasteiger partial charge on any atom is -0.428 e. The van der Waals surface area contributed by atoms with E-state index in [0.717, 1.165) is 12.1 Å². The Hall–Kier alpha value is -2.37. The molecule has 2 rings (SSSR count). The van der Waals surface area contributed by atoms with Crippen molar-refractivity contribution < 1.29 is 39.5 Å². The molecule has 1 unspecified atom stereocenters. The van der Waals surface area contributed by atoms with Crippen molar-refractivity contribution in [2.24, 2.45) is 0 Å². The minimum absolute atomic E-state index is 0.0501. The normalized spacial score (nSPS) is 14.0.